The molecule has 1 fully saturated rings. The molecular weight excluding hydrogens is 544 g/mol. The quantitative estimate of drug-likeness (QED) is 0.141. The molecular formula is C31H26N2O7S. The van der Waals surface area contributed by atoms with E-state index < -0.39 is 23.7 Å². The van der Waals surface area contributed by atoms with Crippen LogP contribution in [0.15, 0.2) is 66.2 Å². The smallest absolute Gasteiger partial charge is 0.337 e. The molecule has 2 aliphatic heterocycles. The molecule has 1 saturated heterocycles. The van der Waals surface area contributed by atoms with Crippen LogP contribution in [0.1, 0.15) is 46.9 Å². The van der Waals surface area contributed by atoms with Crippen molar-refractivity contribution in [1.29, 1.82) is 0 Å². The van der Waals surface area contributed by atoms with Gasteiger partial charge in [-0.25, -0.2) is 9.78 Å². The zero-order valence-corrected chi connectivity index (χ0v) is 23.4. The molecule has 6 rings (SSSR count). The van der Waals surface area contributed by atoms with E-state index in [2.05, 4.69) is 4.98 Å². The van der Waals surface area contributed by atoms with Crippen molar-refractivity contribution in [2.24, 2.45) is 0 Å². The Morgan fingerprint density at radius 2 is 1.85 bits per heavy atom. The summed E-state index contributed by atoms with van der Waals surface area (Å²) in [6, 6.07) is 16.1. The van der Waals surface area contributed by atoms with Crippen LogP contribution in [0.5, 0.6) is 11.5 Å². The molecule has 3 aromatic carbocycles. The minimum absolute atomic E-state index is 0.00331. The zero-order valence-electron chi connectivity index (χ0n) is 22.5. The van der Waals surface area contributed by atoms with Gasteiger partial charge in [0.2, 0.25) is 0 Å². The highest BCUT2D eigenvalue weighted by Crippen LogP contribution is 2.45. The second kappa shape index (κ2) is 10.4. The average Bonchev–Trinajstić information content (AvgIpc) is 3.64. The van der Waals surface area contributed by atoms with Crippen LogP contribution in [0.3, 0.4) is 0 Å². The number of carbonyl (C=O) groups excluding carboxylic acids is 3. The van der Waals surface area contributed by atoms with E-state index in [1.165, 1.54) is 23.3 Å². The summed E-state index contributed by atoms with van der Waals surface area (Å²) in [6.45, 7) is 4.35. The first kappa shape index (κ1) is 26.5. The maximum atomic E-state index is 13.6. The van der Waals surface area contributed by atoms with Gasteiger partial charge in [0.25, 0.3) is 5.78 Å². The average molecular weight is 571 g/mol. The number of thiazole rings is 1. The number of aromatic nitrogens is 1. The fraction of sp³-hybridized carbons (Fsp3) is 0.226. The molecule has 1 N–H and O–H groups in total. The molecule has 0 saturated carbocycles. The number of nitrogens with zero attached hydrogens (tertiary/aromatic N) is 2. The molecule has 4 aromatic rings. The van der Waals surface area contributed by atoms with Crippen LogP contribution >= 0.6 is 11.3 Å². The Morgan fingerprint density at radius 1 is 1.10 bits per heavy atom. The summed E-state index contributed by atoms with van der Waals surface area (Å²) in [6.07, 6.45) is 0.669. The van der Waals surface area contributed by atoms with E-state index in [9.17, 15) is 19.5 Å². The number of benzene rings is 3. The monoisotopic (exact) mass is 570 g/mol. The number of rotatable bonds is 6. The van der Waals surface area contributed by atoms with Crippen molar-refractivity contribution in [3.63, 3.8) is 0 Å². The Balaban J connectivity index is 1.50. The third-order valence-corrected chi connectivity index (χ3v) is 8.14. The number of esters is 1. The van der Waals surface area contributed by atoms with Gasteiger partial charge >= 0.3 is 11.9 Å². The van der Waals surface area contributed by atoms with Gasteiger partial charge in [-0.2, -0.15) is 0 Å². The molecule has 1 aromatic heterocycles. The topological polar surface area (TPSA) is 115 Å². The van der Waals surface area contributed by atoms with E-state index in [1.54, 1.807) is 54.6 Å². The van der Waals surface area contributed by atoms with Gasteiger partial charge in [0.1, 0.15) is 23.4 Å². The number of Topliss-reactive ketones (excluding diaryl/α,β-unsaturated/α-hetero) is 1. The number of amides is 1. The fourth-order valence-corrected chi connectivity index (χ4v) is 6.26. The highest BCUT2D eigenvalue weighted by molar-refractivity contribution is 7.22. The van der Waals surface area contributed by atoms with Crippen molar-refractivity contribution in [3.8, 4) is 11.5 Å². The summed E-state index contributed by atoms with van der Waals surface area (Å²) in [4.78, 5) is 45.2. The standard InChI is InChI=1S/C31H26N2O7S/c1-4-39-21-10-11-22-24(15-21)41-31(32-22)33-26(17-5-7-18(8-6-17)30(37)38-3)25(28(35)29(33)36)27(34)19-9-12-23-20(14-19)13-16(2)40-23/h5-12,14-16,26,34H,4,13H2,1-3H3/t16-,26+/m0/s1. The number of fused-ring (bicyclic) bond motifs is 2. The van der Waals surface area contributed by atoms with Gasteiger partial charge in [0, 0.05) is 12.0 Å². The lowest BCUT2D eigenvalue weighted by Gasteiger charge is -2.23. The lowest BCUT2D eigenvalue weighted by molar-refractivity contribution is -0.132. The zero-order chi connectivity index (χ0) is 28.8. The van der Waals surface area contributed by atoms with Crippen molar-refractivity contribution in [2.45, 2.75) is 32.4 Å². The minimum Gasteiger partial charge on any atom is -0.507 e. The first-order chi connectivity index (χ1) is 19.8. The maximum absolute atomic E-state index is 13.6. The normalized spacial score (nSPS) is 19.3. The first-order valence-corrected chi connectivity index (χ1v) is 13.9. The molecule has 0 spiro atoms. The first-order valence-electron chi connectivity index (χ1n) is 13.1. The molecule has 2 atom stereocenters. The van der Waals surface area contributed by atoms with Crippen LogP contribution in [0, 0.1) is 0 Å². The summed E-state index contributed by atoms with van der Waals surface area (Å²) < 4.78 is 17.0. The van der Waals surface area contributed by atoms with E-state index in [1.807, 2.05) is 19.9 Å². The van der Waals surface area contributed by atoms with Crippen LogP contribution in [0.25, 0.3) is 16.0 Å². The Kier molecular flexibility index (Phi) is 6.70. The summed E-state index contributed by atoms with van der Waals surface area (Å²) in [5.41, 5.74) is 2.72. The van der Waals surface area contributed by atoms with Crippen LogP contribution in [0.2, 0.25) is 0 Å². The maximum Gasteiger partial charge on any atom is 0.337 e. The lowest BCUT2D eigenvalue weighted by atomic mass is 9.94. The van der Waals surface area contributed by atoms with Gasteiger partial charge in [-0.1, -0.05) is 23.5 Å². The van der Waals surface area contributed by atoms with Gasteiger partial charge in [0.05, 0.1) is 41.1 Å². The van der Waals surface area contributed by atoms with Gasteiger partial charge in [-0.15, -0.1) is 0 Å². The number of hydrogen-bond donors (Lipinski definition) is 1. The number of carbonyl (C=O) groups is 3. The van der Waals surface area contributed by atoms with Crippen LogP contribution < -0.4 is 14.4 Å². The second-order valence-electron chi connectivity index (χ2n) is 9.80. The molecule has 208 valence electrons. The highest BCUT2D eigenvalue weighted by Gasteiger charge is 2.48. The molecule has 41 heavy (non-hydrogen) atoms. The van der Waals surface area contributed by atoms with Gasteiger partial charge in [-0.3, -0.25) is 14.5 Å². The van der Waals surface area contributed by atoms with Crippen molar-refractivity contribution in [3.05, 3.63) is 88.5 Å². The molecule has 0 radical (unpaired) electrons. The lowest BCUT2D eigenvalue weighted by Crippen LogP contribution is -2.29. The number of hydrogen-bond acceptors (Lipinski definition) is 9. The molecule has 3 heterocycles. The van der Waals surface area contributed by atoms with Crippen molar-refractivity contribution < 1.29 is 33.7 Å². The Bertz CT molecular complexity index is 1740. The van der Waals surface area contributed by atoms with E-state index in [-0.39, 0.29) is 17.4 Å². The van der Waals surface area contributed by atoms with E-state index in [0.29, 0.717) is 46.1 Å². The van der Waals surface area contributed by atoms with Crippen LogP contribution in [-0.2, 0) is 20.7 Å². The number of ether oxygens (including phenoxy) is 3. The number of aliphatic hydroxyl groups excluding tert-OH is 1. The van der Waals surface area contributed by atoms with Crippen molar-refractivity contribution >= 4 is 50.1 Å². The van der Waals surface area contributed by atoms with Crippen LogP contribution in [-0.4, -0.2) is 47.6 Å². The summed E-state index contributed by atoms with van der Waals surface area (Å²) in [7, 11) is 1.29. The third-order valence-electron chi connectivity index (χ3n) is 7.13. The van der Waals surface area contributed by atoms with Crippen LogP contribution in [0.4, 0.5) is 5.13 Å². The minimum atomic E-state index is -0.989. The largest absolute Gasteiger partial charge is 0.507 e. The van der Waals surface area contributed by atoms with Gasteiger partial charge in [-0.05, 0) is 73.5 Å². The van der Waals surface area contributed by atoms with E-state index in [4.69, 9.17) is 14.2 Å². The summed E-state index contributed by atoms with van der Waals surface area (Å²) in [5, 5.41) is 11.8. The highest BCUT2D eigenvalue weighted by atomic mass is 32.1. The van der Waals surface area contributed by atoms with Crippen molar-refractivity contribution in [1.82, 2.24) is 4.98 Å². The molecule has 1 amide bonds. The number of ketones is 1. The SMILES string of the molecule is CCOc1ccc2nc(N3C(=O)C(=O)C(=C(O)c4ccc5c(c4)C[C@H](C)O5)[C@H]3c3ccc(C(=O)OC)cc3)sc2c1. The van der Waals surface area contributed by atoms with Crippen molar-refractivity contribution in [2.75, 3.05) is 18.6 Å². The van der Waals surface area contributed by atoms with Gasteiger partial charge < -0.3 is 19.3 Å². The molecule has 9 nitrogen and oxygen atoms in total. The predicted molar refractivity (Wildman–Crippen MR) is 154 cm³/mol. The number of aliphatic hydroxyl groups is 1. The Labute approximate surface area is 239 Å². The Hall–Kier alpha value is -4.70. The third kappa shape index (κ3) is 4.59. The fourth-order valence-electron chi connectivity index (χ4n) is 5.24. The molecule has 10 heteroatoms. The summed E-state index contributed by atoms with van der Waals surface area (Å²) in [5.74, 6) is -1.06. The molecule has 0 aliphatic carbocycles. The second-order valence-corrected chi connectivity index (χ2v) is 10.8. The van der Waals surface area contributed by atoms with E-state index >= 15 is 0 Å². The number of methoxy groups -OCH3 is 1. The Morgan fingerprint density at radius 3 is 2.59 bits per heavy atom. The predicted octanol–water partition coefficient (Wildman–Crippen LogP) is 5.43. The molecule has 0 bridgehead atoms. The van der Waals surface area contributed by atoms with Gasteiger partial charge in [0.15, 0.2) is 5.13 Å². The molecule has 2 aliphatic rings. The molecule has 0 unspecified atom stereocenters. The van der Waals surface area contributed by atoms with E-state index in [0.717, 1.165) is 16.0 Å². The summed E-state index contributed by atoms with van der Waals surface area (Å²) >= 11 is 1.24. The number of anilines is 1.